The third kappa shape index (κ3) is 3.62. The van der Waals surface area contributed by atoms with Crippen molar-refractivity contribution in [3.63, 3.8) is 0 Å². The molecule has 1 aliphatic heterocycles. The SMILES string of the molecule is O=C(NCCOc1ccc(F)cc1)C1CN(c2nc3ccccc3s2)C1. The van der Waals surface area contributed by atoms with Crippen molar-refractivity contribution in [2.45, 2.75) is 0 Å². The first-order valence-electron chi connectivity index (χ1n) is 8.45. The Kier molecular flexibility index (Phi) is 4.71. The molecule has 0 radical (unpaired) electrons. The molecule has 1 aromatic heterocycles. The van der Waals surface area contributed by atoms with E-state index in [-0.39, 0.29) is 17.6 Å². The third-order valence-corrected chi connectivity index (χ3v) is 5.39. The Labute approximate surface area is 154 Å². The Balaban J connectivity index is 1.20. The Hall–Kier alpha value is -2.67. The zero-order chi connectivity index (χ0) is 17.9. The molecule has 2 heterocycles. The third-order valence-electron chi connectivity index (χ3n) is 4.29. The second kappa shape index (κ2) is 7.29. The predicted molar refractivity (Wildman–Crippen MR) is 100 cm³/mol. The van der Waals surface area contributed by atoms with Crippen molar-refractivity contribution >= 4 is 32.6 Å². The van der Waals surface area contributed by atoms with Crippen LogP contribution in [0.2, 0.25) is 0 Å². The molecule has 0 unspecified atom stereocenters. The molecule has 1 fully saturated rings. The van der Waals surface area contributed by atoms with E-state index in [4.69, 9.17) is 4.74 Å². The van der Waals surface area contributed by atoms with Crippen molar-refractivity contribution in [2.75, 3.05) is 31.1 Å². The number of rotatable bonds is 6. The highest BCUT2D eigenvalue weighted by Gasteiger charge is 2.34. The highest BCUT2D eigenvalue weighted by molar-refractivity contribution is 7.22. The van der Waals surface area contributed by atoms with Crippen LogP contribution >= 0.6 is 11.3 Å². The number of nitrogens with one attached hydrogen (secondary N) is 1. The fourth-order valence-corrected chi connectivity index (χ4v) is 3.80. The maximum absolute atomic E-state index is 12.8. The average molecular weight is 371 g/mol. The average Bonchev–Trinajstić information content (AvgIpc) is 3.02. The van der Waals surface area contributed by atoms with E-state index in [0.717, 1.165) is 15.3 Å². The Bertz CT molecular complexity index is 874. The van der Waals surface area contributed by atoms with Gasteiger partial charge in [0.2, 0.25) is 5.91 Å². The van der Waals surface area contributed by atoms with Gasteiger partial charge in [0, 0.05) is 13.1 Å². The van der Waals surface area contributed by atoms with E-state index in [9.17, 15) is 9.18 Å². The van der Waals surface area contributed by atoms with Gasteiger partial charge in [0.05, 0.1) is 22.7 Å². The number of anilines is 1. The van der Waals surface area contributed by atoms with Crippen LogP contribution in [0.5, 0.6) is 5.75 Å². The minimum atomic E-state index is -0.298. The summed E-state index contributed by atoms with van der Waals surface area (Å²) in [5.41, 5.74) is 0.998. The number of thiazole rings is 1. The van der Waals surface area contributed by atoms with Gasteiger partial charge in [-0.05, 0) is 36.4 Å². The maximum Gasteiger partial charge on any atom is 0.226 e. The van der Waals surface area contributed by atoms with Gasteiger partial charge >= 0.3 is 0 Å². The Morgan fingerprint density at radius 1 is 1.23 bits per heavy atom. The molecule has 0 bridgehead atoms. The van der Waals surface area contributed by atoms with E-state index in [1.54, 1.807) is 23.5 Å². The van der Waals surface area contributed by atoms with E-state index in [1.807, 2.05) is 18.2 Å². The fourth-order valence-electron chi connectivity index (χ4n) is 2.81. The molecule has 7 heteroatoms. The number of halogens is 1. The van der Waals surface area contributed by atoms with E-state index in [0.29, 0.717) is 32.0 Å². The number of benzene rings is 2. The number of aromatic nitrogens is 1. The normalized spacial score (nSPS) is 14.3. The number of ether oxygens (including phenoxy) is 1. The van der Waals surface area contributed by atoms with Crippen LogP contribution in [-0.2, 0) is 4.79 Å². The summed E-state index contributed by atoms with van der Waals surface area (Å²) >= 11 is 1.65. The smallest absolute Gasteiger partial charge is 0.226 e. The van der Waals surface area contributed by atoms with Gasteiger partial charge in [0.25, 0.3) is 0 Å². The first kappa shape index (κ1) is 16.8. The molecule has 0 spiro atoms. The Morgan fingerprint density at radius 3 is 2.77 bits per heavy atom. The molecule has 0 saturated carbocycles. The number of amides is 1. The van der Waals surface area contributed by atoms with E-state index in [2.05, 4.69) is 21.3 Å². The molecule has 5 nitrogen and oxygen atoms in total. The van der Waals surface area contributed by atoms with Crippen LogP contribution in [0, 0.1) is 11.7 Å². The van der Waals surface area contributed by atoms with Crippen molar-refractivity contribution in [2.24, 2.45) is 5.92 Å². The van der Waals surface area contributed by atoms with Gasteiger partial charge in [0.15, 0.2) is 5.13 Å². The summed E-state index contributed by atoms with van der Waals surface area (Å²) in [7, 11) is 0. The zero-order valence-corrected chi connectivity index (χ0v) is 14.8. The molecular formula is C19H18FN3O2S. The molecule has 0 atom stereocenters. The fraction of sp³-hybridized carbons (Fsp3) is 0.263. The van der Waals surface area contributed by atoms with Crippen LogP contribution in [-0.4, -0.2) is 37.1 Å². The molecule has 1 amide bonds. The lowest BCUT2D eigenvalue weighted by Crippen LogP contribution is -2.54. The quantitative estimate of drug-likeness (QED) is 0.677. The number of fused-ring (bicyclic) bond motifs is 1. The van der Waals surface area contributed by atoms with Crippen molar-refractivity contribution in [3.8, 4) is 5.75 Å². The summed E-state index contributed by atoms with van der Waals surface area (Å²) in [4.78, 5) is 18.9. The van der Waals surface area contributed by atoms with E-state index in [1.165, 1.54) is 12.1 Å². The van der Waals surface area contributed by atoms with Crippen LogP contribution in [0.4, 0.5) is 9.52 Å². The molecule has 1 saturated heterocycles. The standard InChI is InChI=1S/C19H18FN3O2S/c20-14-5-7-15(8-6-14)25-10-9-21-18(24)13-11-23(12-13)19-22-16-3-1-2-4-17(16)26-19/h1-8,13H,9-12H2,(H,21,24). The molecule has 3 aromatic rings. The van der Waals surface area contributed by atoms with Crippen molar-refractivity contribution in [3.05, 3.63) is 54.3 Å². The van der Waals surface area contributed by atoms with Gasteiger partial charge in [-0.25, -0.2) is 9.37 Å². The van der Waals surface area contributed by atoms with Crippen LogP contribution in [0.25, 0.3) is 10.2 Å². The number of para-hydroxylation sites is 1. The summed E-state index contributed by atoms with van der Waals surface area (Å²) in [5.74, 6) is 0.303. The topological polar surface area (TPSA) is 54.5 Å². The number of nitrogens with zero attached hydrogens (tertiary/aromatic N) is 2. The van der Waals surface area contributed by atoms with Gasteiger partial charge in [-0.3, -0.25) is 4.79 Å². The van der Waals surface area contributed by atoms with Gasteiger partial charge < -0.3 is 15.0 Å². The minimum absolute atomic E-state index is 0.0205. The lowest BCUT2D eigenvalue weighted by molar-refractivity contribution is -0.125. The van der Waals surface area contributed by atoms with Gasteiger partial charge in [-0.1, -0.05) is 23.5 Å². The summed E-state index contributed by atoms with van der Waals surface area (Å²) < 4.78 is 19.4. The Morgan fingerprint density at radius 2 is 2.00 bits per heavy atom. The van der Waals surface area contributed by atoms with Gasteiger partial charge in [-0.15, -0.1) is 0 Å². The first-order chi connectivity index (χ1) is 12.7. The van der Waals surface area contributed by atoms with Crippen molar-refractivity contribution < 1.29 is 13.9 Å². The van der Waals surface area contributed by atoms with Crippen LogP contribution in [0.3, 0.4) is 0 Å². The highest BCUT2D eigenvalue weighted by Crippen LogP contribution is 2.32. The second-order valence-electron chi connectivity index (χ2n) is 6.16. The number of hydrogen-bond donors (Lipinski definition) is 1. The van der Waals surface area contributed by atoms with Crippen LogP contribution < -0.4 is 15.0 Å². The van der Waals surface area contributed by atoms with Crippen molar-refractivity contribution in [1.82, 2.24) is 10.3 Å². The molecule has 134 valence electrons. The highest BCUT2D eigenvalue weighted by atomic mass is 32.1. The molecular weight excluding hydrogens is 353 g/mol. The van der Waals surface area contributed by atoms with E-state index >= 15 is 0 Å². The maximum atomic E-state index is 12.8. The van der Waals surface area contributed by atoms with Crippen LogP contribution in [0.15, 0.2) is 48.5 Å². The number of hydrogen-bond acceptors (Lipinski definition) is 5. The largest absolute Gasteiger partial charge is 0.492 e. The first-order valence-corrected chi connectivity index (χ1v) is 9.27. The summed E-state index contributed by atoms with van der Waals surface area (Å²) in [6.45, 7) is 2.15. The minimum Gasteiger partial charge on any atom is -0.492 e. The molecule has 1 N–H and O–H groups in total. The lowest BCUT2D eigenvalue weighted by atomic mass is 10.0. The summed E-state index contributed by atoms with van der Waals surface area (Å²) in [5, 5.41) is 3.85. The summed E-state index contributed by atoms with van der Waals surface area (Å²) in [6, 6.07) is 13.9. The number of carbonyl (C=O) groups is 1. The molecule has 26 heavy (non-hydrogen) atoms. The zero-order valence-electron chi connectivity index (χ0n) is 14.0. The molecule has 4 rings (SSSR count). The summed E-state index contributed by atoms with van der Waals surface area (Å²) in [6.07, 6.45) is 0. The van der Waals surface area contributed by atoms with Gasteiger partial charge in [0.1, 0.15) is 18.2 Å². The predicted octanol–water partition coefficient (Wildman–Crippen LogP) is 3.07. The molecule has 0 aliphatic carbocycles. The van der Waals surface area contributed by atoms with E-state index < -0.39 is 0 Å². The molecule has 1 aliphatic rings. The monoisotopic (exact) mass is 371 g/mol. The number of carbonyl (C=O) groups excluding carboxylic acids is 1. The van der Waals surface area contributed by atoms with Crippen molar-refractivity contribution in [1.29, 1.82) is 0 Å². The van der Waals surface area contributed by atoms with Gasteiger partial charge in [-0.2, -0.15) is 0 Å². The second-order valence-corrected chi connectivity index (χ2v) is 7.17. The molecule has 2 aromatic carbocycles. The van der Waals surface area contributed by atoms with Crippen LogP contribution in [0.1, 0.15) is 0 Å². The lowest BCUT2D eigenvalue weighted by Gasteiger charge is -2.37.